The van der Waals surface area contributed by atoms with Crippen molar-refractivity contribution in [3.63, 3.8) is 0 Å². The Morgan fingerprint density at radius 3 is 2.29 bits per heavy atom. The van der Waals surface area contributed by atoms with Crippen LogP contribution >= 0.6 is 0 Å². The fourth-order valence-electron chi connectivity index (χ4n) is 3.11. The molecule has 2 aliphatic rings. The van der Waals surface area contributed by atoms with E-state index in [0.717, 1.165) is 18.4 Å². The van der Waals surface area contributed by atoms with E-state index in [-0.39, 0.29) is 0 Å². The average molecular weight is 196 g/mol. The van der Waals surface area contributed by atoms with Crippen LogP contribution in [0.15, 0.2) is 0 Å². The van der Waals surface area contributed by atoms with Crippen LogP contribution in [0.4, 0.5) is 0 Å². The molecular weight excluding hydrogens is 172 g/mol. The zero-order chi connectivity index (χ0) is 9.80. The van der Waals surface area contributed by atoms with E-state index >= 15 is 0 Å². The van der Waals surface area contributed by atoms with Crippen LogP contribution in [-0.4, -0.2) is 19.1 Å². The summed E-state index contributed by atoms with van der Waals surface area (Å²) in [4.78, 5) is 0. The largest absolute Gasteiger partial charge is 0.327 e. The van der Waals surface area contributed by atoms with E-state index in [1.807, 2.05) is 0 Å². The molecule has 2 unspecified atom stereocenters. The van der Waals surface area contributed by atoms with Gasteiger partial charge in [0.15, 0.2) is 0 Å². The molecule has 1 saturated heterocycles. The summed E-state index contributed by atoms with van der Waals surface area (Å²) < 4.78 is 0. The van der Waals surface area contributed by atoms with E-state index in [0.29, 0.717) is 6.04 Å². The summed E-state index contributed by atoms with van der Waals surface area (Å²) >= 11 is 0. The van der Waals surface area contributed by atoms with Crippen LogP contribution in [0.2, 0.25) is 0 Å². The van der Waals surface area contributed by atoms with Crippen molar-refractivity contribution in [3.8, 4) is 0 Å². The summed E-state index contributed by atoms with van der Waals surface area (Å²) in [5.41, 5.74) is 6.38. The monoisotopic (exact) mass is 196 g/mol. The van der Waals surface area contributed by atoms with Gasteiger partial charge in [0.2, 0.25) is 0 Å². The molecular formula is C12H24N2. The molecule has 3 N–H and O–H groups in total. The van der Waals surface area contributed by atoms with E-state index in [9.17, 15) is 0 Å². The van der Waals surface area contributed by atoms with Gasteiger partial charge in [0.25, 0.3) is 0 Å². The summed E-state index contributed by atoms with van der Waals surface area (Å²) in [5.74, 6) is 1.58. The molecule has 1 saturated carbocycles. The smallest absolute Gasteiger partial charge is 0.0108 e. The minimum Gasteiger partial charge on any atom is -0.327 e. The summed E-state index contributed by atoms with van der Waals surface area (Å²) in [7, 11) is 0. The maximum Gasteiger partial charge on any atom is 0.0108 e. The third-order valence-electron chi connectivity index (χ3n) is 4.07. The second kappa shape index (κ2) is 5.13. The number of nitrogens with one attached hydrogen (secondary N) is 1. The first-order valence-electron chi connectivity index (χ1n) is 6.34. The molecule has 0 aromatic rings. The number of piperidine rings is 1. The first kappa shape index (κ1) is 10.4. The molecule has 0 amide bonds. The lowest BCUT2D eigenvalue weighted by atomic mass is 9.77. The molecule has 0 radical (unpaired) electrons. The van der Waals surface area contributed by atoms with Crippen LogP contribution in [0.5, 0.6) is 0 Å². The molecule has 2 nitrogen and oxygen atoms in total. The van der Waals surface area contributed by atoms with Gasteiger partial charge in [-0.25, -0.2) is 0 Å². The molecule has 1 aliphatic carbocycles. The van der Waals surface area contributed by atoms with Crippen molar-refractivity contribution in [3.05, 3.63) is 0 Å². The van der Waals surface area contributed by atoms with Crippen LogP contribution in [0.25, 0.3) is 0 Å². The number of rotatable bonds is 2. The minimum absolute atomic E-state index is 0.475. The predicted octanol–water partition coefficient (Wildman–Crippen LogP) is 1.89. The summed E-state index contributed by atoms with van der Waals surface area (Å²) in [5, 5.41) is 3.47. The first-order chi connectivity index (χ1) is 6.88. The molecule has 2 atom stereocenters. The predicted molar refractivity (Wildman–Crippen MR) is 60.1 cm³/mol. The highest BCUT2D eigenvalue weighted by Gasteiger charge is 2.28. The standard InChI is InChI=1S/C12H24N2/c13-12(10-5-2-1-3-6-10)11-7-4-8-14-9-11/h10-12,14H,1-9,13H2. The van der Waals surface area contributed by atoms with Gasteiger partial charge in [-0.05, 0) is 50.6 Å². The van der Waals surface area contributed by atoms with Gasteiger partial charge in [-0.2, -0.15) is 0 Å². The number of hydrogen-bond acceptors (Lipinski definition) is 2. The van der Waals surface area contributed by atoms with Gasteiger partial charge in [-0.3, -0.25) is 0 Å². The fourth-order valence-corrected chi connectivity index (χ4v) is 3.11. The van der Waals surface area contributed by atoms with Crippen molar-refractivity contribution in [2.24, 2.45) is 17.6 Å². The molecule has 1 heterocycles. The molecule has 0 bridgehead atoms. The van der Waals surface area contributed by atoms with Crippen molar-refractivity contribution in [2.75, 3.05) is 13.1 Å². The van der Waals surface area contributed by atoms with Crippen molar-refractivity contribution in [2.45, 2.75) is 51.0 Å². The average Bonchev–Trinajstić information content (AvgIpc) is 2.30. The Kier molecular flexibility index (Phi) is 3.82. The minimum atomic E-state index is 0.475. The van der Waals surface area contributed by atoms with Gasteiger partial charge >= 0.3 is 0 Å². The van der Waals surface area contributed by atoms with Crippen LogP contribution < -0.4 is 11.1 Å². The quantitative estimate of drug-likeness (QED) is 0.708. The third kappa shape index (κ3) is 2.48. The molecule has 82 valence electrons. The van der Waals surface area contributed by atoms with Crippen LogP contribution in [-0.2, 0) is 0 Å². The maximum atomic E-state index is 6.38. The molecule has 0 aromatic heterocycles. The van der Waals surface area contributed by atoms with Gasteiger partial charge in [-0.15, -0.1) is 0 Å². The van der Waals surface area contributed by atoms with Crippen molar-refractivity contribution >= 4 is 0 Å². The van der Waals surface area contributed by atoms with Gasteiger partial charge < -0.3 is 11.1 Å². The highest BCUT2D eigenvalue weighted by Crippen LogP contribution is 2.30. The van der Waals surface area contributed by atoms with E-state index in [1.165, 1.54) is 51.5 Å². The molecule has 0 aromatic carbocycles. The molecule has 1 aliphatic heterocycles. The van der Waals surface area contributed by atoms with Gasteiger partial charge in [0, 0.05) is 6.04 Å². The second-order valence-corrected chi connectivity index (χ2v) is 5.08. The van der Waals surface area contributed by atoms with E-state index in [1.54, 1.807) is 0 Å². The lowest BCUT2D eigenvalue weighted by Gasteiger charge is -2.35. The van der Waals surface area contributed by atoms with E-state index < -0.39 is 0 Å². The van der Waals surface area contributed by atoms with Crippen LogP contribution in [0.1, 0.15) is 44.9 Å². The van der Waals surface area contributed by atoms with Crippen molar-refractivity contribution in [1.29, 1.82) is 0 Å². The molecule has 0 spiro atoms. The Morgan fingerprint density at radius 2 is 1.64 bits per heavy atom. The Hall–Kier alpha value is -0.0800. The zero-order valence-electron chi connectivity index (χ0n) is 9.17. The summed E-state index contributed by atoms with van der Waals surface area (Å²) in [6.07, 6.45) is 9.72. The molecule has 2 heteroatoms. The zero-order valence-corrected chi connectivity index (χ0v) is 9.17. The Bertz CT molecular complexity index is 140. The number of hydrogen-bond donors (Lipinski definition) is 2. The third-order valence-corrected chi connectivity index (χ3v) is 4.07. The lowest BCUT2D eigenvalue weighted by Crippen LogP contribution is -2.45. The maximum absolute atomic E-state index is 6.38. The molecule has 2 rings (SSSR count). The Labute approximate surface area is 87.6 Å². The number of nitrogens with two attached hydrogens (primary N) is 1. The highest BCUT2D eigenvalue weighted by molar-refractivity contribution is 4.85. The normalized spacial score (nSPS) is 32.8. The SMILES string of the molecule is NC(C1CCCCC1)C1CCCNC1. The van der Waals surface area contributed by atoms with E-state index in [4.69, 9.17) is 5.73 Å². The highest BCUT2D eigenvalue weighted by atomic mass is 14.9. The summed E-state index contributed by atoms with van der Waals surface area (Å²) in [6, 6.07) is 0.475. The molecule has 2 fully saturated rings. The molecule has 14 heavy (non-hydrogen) atoms. The Morgan fingerprint density at radius 1 is 0.929 bits per heavy atom. The lowest BCUT2D eigenvalue weighted by molar-refractivity contribution is 0.214. The van der Waals surface area contributed by atoms with Crippen molar-refractivity contribution in [1.82, 2.24) is 5.32 Å². The fraction of sp³-hybridized carbons (Fsp3) is 1.00. The van der Waals surface area contributed by atoms with Gasteiger partial charge in [-0.1, -0.05) is 19.3 Å². The van der Waals surface area contributed by atoms with Crippen LogP contribution in [0, 0.1) is 11.8 Å². The second-order valence-electron chi connectivity index (χ2n) is 5.08. The van der Waals surface area contributed by atoms with Crippen LogP contribution in [0.3, 0.4) is 0 Å². The summed E-state index contributed by atoms with van der Waals surface area (Å²) in [6.45, 7) is 2.37. The topological polar surface area (TPSA) is 38.0 Å². The van der Waals surface area contributed by atoms with Gasteiger partial charge in [0.05, 0.1) is 0 Å². The first-order valence-corrected chi connectivity index (χ1v) is 6.34. The van der Waals surface area contributed by atoms with E-state index in [2.05, 4.69) is 5.32 Å². The van der Waals surface area contributed by atoms with Gasteiger partial charge in [0.1, 0.15) is 0 Å². The van der Waals surface area contributed by atoms with Crippen molar-refractivity contribution < 1.29 is 0 Å². The Balaban J connectivity index is 1.82.